The zero-order valence-electron chi connectivity index (χ0n) is 20.7. The number of hydrogen-bond donors (Lipinski definition) is 1. The van der Waals surface area contributed by atoms with E-state index in [1.54, 1.807) is 24.3 Å². The summed E-state index contributed by atoms with van der Waals surface area (Å²) in [6.07, 6.45) is -1.18. The largest absolute Gasteiger partial charge is 0.416 e. The van der Waals surface area contributed by atoms with Crippen LogP contribution >= 0.6 is 0 Å². The number of halogens is 3. The molecule has 0 fully saturated rings. The van der Waals surface area contributed by atoms with E-state index >= 15 is 0 Å². The summed E-state index contributed by atoms with van der Waals surface area (Å²) in [7, 11) is 0. The molecule has 4 aromatic carbocycles. The number of nitrogens with one attached hydrogen (secondary N) is 1. The first-order chi connectivity index (χ1) is 18.4. The van der Waals surface area contributed by atoms with Gasteiger partial charge in [0, 0.05) is 32.3 Å². The summed E-state index contributed by atoms with van der Waals surface area (Å²) in [4.78, 5) is 15.5. The van der Waals surface area contributed by atoms with Gasteiger partial charge >= 0.3 is 6.18 Å². The summed E-state index contributed by atoms with van der Waals surface area (Å²) in [6, 6.07) is 30.0. The second kappa shape index (κ2) is 11.1. The zero-order chi connectivity index (χ0) is 26.5. The Hall–Kier alpha value is -4.16. The number of hydrogen-bond acceptors (Lipinski definition) is 2. The van der Waals surface area contributed by atoms with Gasteiger partial charge in [0.05, 0.1) is 5.56 Å². The molecule has 0 aliphatic carbocycles. The monoisotopic (exact) mass is 514 g/mol. The molecule has 1 N–H and O–H groups in total. The molecule has 0 bridgehead atoms. The molecular formula is C32H29F3N2O. The second-order valence-electron chi connectivity index (χ2n) is 9.35. The summed E-state index contributed by atoms with van der Waals surface area (Å²) in [6.45, 7) is 2.81. The predicted octanol–water partition coefficient (Wildman–Crippen LogP) is 8.16. The third kappa shape index (κ3) is 6.03. The first-order valence-corrected chi connectivity index (χ1v) is 12.5. The first-order valence-electron chi connectivity index (χ1n) is 12.5. The van der Waals surface area contributed by atoms with Crippen molar-refractivity contribution in [1.29, 1.82) is 0 Å². The normalized spacial score (nSPS) is 14.1. The van der Waals surface area contributed by atoms with Crippen LogP contribution in [-0.2, 0) is 12.7 Å². The maximum absolute atomic E-state index is 13.1. The average Bonchev–Trinajstić information content (AvgIpc) is 2.94. The number of amides is 1. The number of alkyl halides is 3. The quantitative estimate of drug-likeness (QED) is 0.282. The van der Waals surface area contributed by atoms with Gasteiger partial charge in [-0.15, -0.1) is 0 Å². The van der Waals surface area contributed by atoms with Gasteiger partial charge in [0.25, 0.3) is 5.91 Å². The Labute approximate surface area is 221 Å². The predicted molar refractivity (Wildman–Crippen MR) is 148 cm³/mol. The molecule has 0 radical (unpaired) electrons. The fourth-order valence-electron chi connectivity index (χ4n) is 4.70. The van der Waals surface area contributed by atoms with Crippen LogP contribution in [0.25, 0.3) is 16.7 Å². The Kier molecular flexibility index (Phi) is 7.43. The van der Waals surface area contributed by atoms with Gasteiger partial charge in [-0.1, -0.05) is 78.9 Å². The van der Waals surface area contributed by atoms with Crippen molar-refractivity contribution in [3.05, 3.63) is 131 Å². The molecule has 6 heteroatoms. The number of rotatable bonds is 6. The minimum atomic E-state index is -4.41. The van der Waals surface area contributed by atoms with E-state index in [-0.39, 0.29) is 7.33 Å². The van der Waals surface area contributed by atoms with E-state index in [1.165, 1.54) is 23.3 Å². The summed E-state index contributed by atoms with van der Waals surface area (Å²) in [5, 5.41) is 2.92. The van der Waals surface area contributed by atoms with Crippen LogP contribution in [0.3, 0.4) is 0 Å². The van der Waals surface area contributed by atoms with Crippen LogP contribution in [0.1, 0.15) is 34.9 Å². The van der Waals surface area contributed by atoms with Crippen molar-refractivity contribution in [2.75, 3.05) is 18.4 Å². The Morgan fingerprint density at radius 2 is 1.47 bits per heavy atom. The number of nitrogens with zero attached hydrogens (tertiary/aromatic N) is 1. The first kappa shape index (κ1) is 25.5. The Morgan fingerprint density at radius 1 is 0.816 bits per heavy atom. The molecule has 4 aromatic rings. The standard InChI is InChI=1S/C32H27F3N2O.H2/c33-32(34,35)27-14-10-26(11-15-27)29-8-4-5-9-30(29)31(38)36-28-16-12-24(13-17-28)25-18-20-37(21-19-25)22-23-6-2-1-3-7-23;/h1-18H,19-22H2,(H,36,38);1H. The van der Waals surface area contributed by atoms with E-state index in [0.29, 0.717) is 22.4 Å². The van der Waals surface area contributed by atoms with E-state index in [1.807, 2.05) is 30.3 Å². The Bertz CT molecular complexity index is 1430. The lowest BCUT2D eigenvalue weighted by atomic mass is 9.97. The molecule has 1 aliphatic rings. The zero-order valence-corrected chi connectivity index (χ0v) is 20.7. The molecule has 194 valence electrons. The number of carbonyl (C=O) groups is 1. The van der Waals surface area contributed by atoms with E-state index in [9.17, 15) is 18.0 Å². The summed E-state index contributed by atoms with van der Waals surface area (Å²) < 4.78 is 38.8. The third-order valence-corrected chi connectivity index (χ3v) is 6.75. The van der Waals surface area contributed by atoms with E-state index in [0.717, 1.165) is 43.8 Å². The molecule has 0 atom stereocenters. The highest BCUT2D eigenvalue weighted by Gasteiger charge is 2.30. The van der Waals surface area contributed by atoms with Crippen LogP contribution in [0.5, 0.6) is 0 Å². The number of benzene rings is 4. The molecule has 1 amide bonds. The summed E-state index contributed by atoms with van der Waals surface area (Å²) >= 11 is 0. The van der Waals surface area contributed by atoms with Gasteiger partial charge in [-0.3, -0.25) is 9.69 Å². The molecule has 1 heterocycles. The van der Waals surface area contributed by atoms with Gasteiger partial charge in [-0.25, -0.2) is 0 Å². The molecule has 0 spiro atoms. The highest BCUT2D eigenvalue weighted by molar-refractivity contribution is 6.08. The maximum Gasteiger partial charge on any atom is 0.416 e. The highest BCUT2D eigenvalue weighted by atomic mass is 19.4. The van der Waals surface area contributed by atoms with Crippen LogP contribution in [-0.4, -0.2) is 23.9 Å². The molecule has 3 nitrogen and oxygen atoms in total. The van der Waals surface area contributed by atoms with Crippen molar-refractivity contribution in [3.8, 4) is 11.1 Å². The SMILES string of the molecule is O=C(Nc1ccc(C2=CCN(Cc3ccccc3)CC2)cc1)c1ccccc1-c1ccc(C(F)(F)F)cc1.[HH]. The van der Waals surface area contributed by atoms with Crippen molar-refractivity contribution in [2.45, 2.75) is 19.1 Å². The van der Waals surface area contributed by atoms with Crippen molar-refractivity contribution < 1.29 is 19.4 Å². The lowest BCUT2D eigenvalue weighted by Gasteiger charge is -2.26. The highest BCUT2D eigenvalue weighted by Crippen LogP contribution is 2.32. The van der Waals surface area contributed by atoms with Gasteiger partial charge in [-0.2, -0.15) is 13.2 Å². The van der Waals surface area contributed by atoms with Crippen molar-refractivity contribution in [1.82, 2.24) is 4.90 Å². The summed E-state index contributed by atoms with van der Waals surface area (Å²) in [5.74, 6) is -0.318. The van der Waals surface area contributed by atoms with Crippen LogP contribution in [0.15, 0.2) is 109 Å². The molecular weight excluding hydrogens is 485 g/mol. The minimum Gasteiger partial charge on any atom is -0.322 e. The van der Waals surface area contributed by atoms with Crippen LogP contribution in [0.4, 0.5) is 18.9 Å². The van der Waals surface area contributed by atoms with Crippen LogP contribution in [0.2, 0.25) is 0 Å². The van der Waals surface area contributed by atoms with E-state index in [2.05, 4.69) is 40.6 Å². The van der Waals surface area contributed by atoms with Crippen LogP contribution < -0.4 is 5.32 Å². The number of anilines is 1. The average molecular weight is 515 g/mol. The molecule has 0 aromatic heterocycles. The Balaban J connectivity index is 0.00000353. The van der Waals surface area contributed by atoms with Crippen molar-refractivity contribution in [3.63, 3.8) is 0 Å². The van der Waals surface area contributed by atoms with Gasteiger partial charge in [0.15, 0.2) is 0 Å². The van der Waals surface area contributed by atoms with E-state index in [4.69, 9.17) is 0 Å². The molecule has 0 unspecified atom stereocenters. The van der Waals surface area contributed by atoms with Gasteiger partial charge in [0.1, 0.15) is 0 Å². The fraction of sp³-hybridized carbons (Fsp3) is 0.156. The van der Waals surface area contributed by atoms with Crippen LogP contribution in [0, 0.1) is 0 Å². The third-order valence-electron chi connectivity index (χ3n) is 6.75. The molecule has 5 rings (SSSR count). The van der Waals surface area contributed by atoms with Crippen molar-refractivity contribution in [2.24, 2.45) is 0 Å². The maximum atomic E-state index is 13.1. The van der Waals surface area contributed by atoms with Gasteiger partial charge < -0.3 is 5.32 Å². The van der Waals surface area contributed by atoms with Gasteiger partial charge in [0.2, 0.25) is 0 Å². The van der Waals surface area contributed by atoms with Crippen molar-refractivity contribution >= 4 is 17.2 Å². The molecule has 0 saturated carbocycles. The topological polar surface area (TPSA) is 32.3 Å². The summed E-state index contributed by atoms with van der Waals surface area (Å²) in [5.41, 5.74) is 5.18. The molecule has 1 aliphatic heterocycles. The lowest BCUT2D eigenvalue weighted by Crippen LogP contribution is -2.27. The smallest absolute Gasteiger partial charge is 0.322 e. The number of carbonyl (C=O) groups excluding carboxylic acids is 1. The lowest BCUT2D eigenvalue weighted by molar-refractivity contribution is -0.137. The second-order valence-corrected chi connectivity index (χ2v) is 9.35. The fourth-order valence-corrected chi connectivity index (χ4v) is 4.70. The van der Waals surface area contributed by atoms with Gasteiger partial charge in [-0.05, 0) is 64.6 Å². The Morgan fingerprint density at radius 3 is 2.13 bits per heavy atom. The van der Waals surface area contributed by atoms with E-state index < -0.39 is 11.7 Å². The molecule has 0 saturated heterocycles. The minimum absolute atomic E-state index is 0. The molecule has 38 heavy (non-hydrogen) atoms.